The van der Waals surface area contributed by atoms with Crippen LogP contribution in [0, 0.1) is 53.3 Å². The van der Waals surface area contributed by atoms with Crippen molar-refractivity contribution in [3.8, 4) is 0 Å². The summed E-state index contributed by atoms with van der Waals surface area (Å²) >= 11 is 0. The highest BCUT2D eigenvalue weighted by Crippen LogP contribution is 2.51. The molecule has 21 atom stereocenters. The molecule has 17 N–H and O–H groups in total. The summed E-state index contributed by atoms with van der Waals surface area (Å²) in [5, 5.41) is 132. The van der Waals surface area contributed by atoms with E-state index in [-0.39, 0.29) is 166 Å². The van der Waals surface area contributed by atoms with Gasteiger partial charge in [-0.2, -0.15) is 0 Å². The van der Waals surface area contributed by atoms with Crippen molar-refractivity contribution in [2.24, 2.45) is 53.3 Å². The minimum atomic E-state index is -1.41. The second-order valence-corrected chi connectivity index (χ2v) is 35.1. The molecule has 0 aromatic heterocycles. The topological polar surface area (TPSA) is 549 Å². The van der Waals surface area contributed by atoms with Gasteiger partial charge in [0.05, 0.1) is 77.7 Å². The van der Waals surface area contributed by atoms with Gasteiger partial charge in [0.25, 0.3) is 0 Å². The van der Waals surface area contributed by atoms with Crippen LogP contribution in [0.3, 0.4) is 0 Å². The van der Waals surface area contributed by atoms with Gasteiger partial charge in [0.15, 0.2) is 0 Å². The van der Waals surface area contributed by atoms with Crippen LogP contribution in [-0.2, 0) is 79.9 Å². The predicted octanol–water partition coefficient (Wildman–Crippen LogP) is 1.68. The number of benzene rings is 2. The minimum absolute atomic E-state index is 0.00770. The molecule has 38 nitrogen and oxygen atoms in total. The lowest BCUT2D eigenvalue weighted by molar-refractivity contribution is -0.145. The van der Waals surface area contributed by atoms with Crippen LogP contribution in [0.15, 0.2) is 48.5 Å². The molecule has 1 saturated carbocycles. The molecule has 3 amide bonds. The van der Waals surface area contributed by atoms with E-state index >= 15 is 4.79 Å². The molecular weight excluding hydrogens is 1600 g/mol. The van der Waals surface area contributed by atoms with Crippen LogP contribution in [0.5, 0.6) is 0 Å². The Kier molecular flexibility index (Phi) is 38.4. The number of carboxylic acid groups (broad SMARTS) is 10. The van der Waals surface area contributed by atoms with Gasteiger partial charge in [0.1, 0.15) is 13.1 Å². The molecule has 8 bridgehead atoms. The summed E-state index contributed by atoms with van der Waals surface area (Å²) in [6, 6.07) is 10.8. The predicted molar refractivity (Wildman–Crippen MR) is 447 cm³/mol. The van der Waals surface area contributed by atoms with E-state index < -0.39 is 174 Å². The molecular formula is C85H131N13O25. The number of anilines is 2. The highest BCUT2D eigenvalue weighted by Gasteiger charge is 2.59. The Hall–Kier alpha value is -8.93. The van der Waals surface area contributed by atoms with Crippen molar-refractivity contribution in [3.63, 3.8) is 0 Å². The Balaban J connectivity index is 1.08. The number of hydrogen-bond acceptors (Lipinski definition) is 25. The third kappa shape index (κ3) is 30.2. The molecule has 5 heterocycles. The van der Waals surface area contributed by atoms with Crippen LogP contribution >= 0.6 is 0 Å². The third-order valence-corrected chi connectivity index (χ3v) is 26.5. The molecule has 2 aromatic carbocycles. The molecule has 5 aliphatic heterocycles. The summed E-state index contributed by atoms with van der Waals surface area (Å²) < 4.78 is 6.77. The first kappa shape index (κ1) is 99.5. The van der Waals surface area contributed by atoms with E-state index in [1.54, 1.807) is 24.3 Å². The number of nitrogens with one attached hydrogen (secondary N) is 6. The highest BCUT2D eigenvalue weighted by molar-refractivity contribution is 5.98. The van der Waals surface area contributed by atoms with Crippen molar-refractivity contribution < 1.29 is 123 Å². The fourth-order valence-electron chi connectivity index (χ4n) is 20.8. The number of amides is 3. The van der Waals surface area contributed by atoms with E-state index in [1.165, 1.54) is 34.1 Å². The van der Waals surface area contributed by atoms with Gasteiger partial charge in [-0.25, -0.2) is 0 Å². The number of rotatable bonds is 53. The molecule has 19 unspecified atom stereocenters. The van der Waals surface area contributed by atoms with Gasteiger partial charge < -0.3 is 97.7 Å². The highest BCUT2D eigenvalue weighted by atomic mass is 16.5. The number of aliphatic hydroxyl groups excluding tert-OH is 1. The number of carbonyl (C=O) groups is 13. The monoisotopic (exact) mass is 1730 g/mol. The number of fused-ring (bicyclic) bond motifs is 8. The molecule has 1 aliphatic carbocycles. The maximum absolute atomic E-state index is 15.4. The van der Waals surface area contributed by atoms with Crippen molar-refractivity contribution in [2.45, 2.75) is 205 Å². The average molecular weight is 1740 g/mol. The molecule has 38 heteroatoms. The first-order valence-corrected chi connectivity index (χ1v) is 43.2. The first-order chi connectivity index (χ1) is 58.3. The van der Waals surface area contributed by atoms with Gasteiger partial charge in [-0.15, -0.1) is 0 Å². The Bertz CT molecular complexity index is 3680. The minimum Gasteiger partial charge on any atom is -0.480 e. The van der Waals surface area contributed by atoms with Crippen molar-refractivity contribution in [1.29, 1.82) is 0 Å². The van der Waals surface area contributed by atoms with E-state index in [1.807, 2.05) is 0 Å². The molecule has 8 rings (SSSR count). The summed E-state index contributed by atoms with van der Waals surface area (Å²) in [7, 11) is 0. The molecule has 686 valence electrons. The summed E-state index contributed by atoms with van der Waals surface area (Å²) in [4.78, 5) is 173. The normalized spacial score (nSPS) is 26.7. The Morgan fingerprint density at radius 1 is 0.431 bits per heavy atom. The second kappa shape index (κ2) is 47.4. The standard InChI is InChI=1S/C85H131N13O25/c1-8-10-11-12-27-123-52(7)82-50(5)64-31-63-49(4)60(84(90-63)61-30-68(99)83-51(6)65(91-85(61)83)32-66-59(9-2)48(3)62(88-66)33-67(82)89-64)21-22-71(102)98(36-69(100)86-55-17-13-53(14-18-55)28-57(96(44-78(115)116)45-79(117)118)34-92(38-72(103)104)23-25-94(40-74(107)108)41-75(109)110)37-70(101)87-56-19-15-54(16-20-56)29-58(97(46-80(119)120)47-81(121)122)35-93(39-73(105)106)24-26-95(42-76(111)112)43-77(113)114/h13-20,48-52,57-68,82-85,88-91,99H,8-12,21-47H2,1-7H3,(H,86,100)(H,87,101)(H,103,104)(H,105,106)(H,107,108)(H,109,110)(H,111,112)(H,113,114)(H,115,116)(H,117,118)(H,119,120)(H,121,122)/t48?,49-,50?,51?,52?,57?,58?,59?,60-,61?,62?,63?,64?,65?,66?,67?,68?,82?,83?,84?,85?/m0/s1. The number of aliphatic hydroxyl groups is 1. The van der Waals surface area contributed by atoms with Gasteiger partial charge in [-0.05, 0) is 135 Å². The lowest BCUT2D eigenvalue weighted by Crippen LogP contribution is -2.51. The van der Waals surface area contributed by atoms with E-state index in [0.717, 1.165) is 75.9 Å². The maximum atomic E-state index is 15.4. The van der Waals surface area contributed by atoms with Crippen molar-refractivity contribution in [1.82, 2.24) is 55.6 Å². The average Bonchev–Trinajstić information content (AvgIpc) is 1.58. The zero-order valence-electron chi connectivity index (χ0n) is 71.6. The van der Waals surface area contributed by atoms with Crippen molar-refractivity contribution in [2.75, 3.05) is 135 Å². The van der Waals surface area contributed by atoms with Gasteiger partial charge in [0.2, 0.25) is 17.7 Å². The van der Waals surface area contributed by atoms with Crippen LogP contribution in [0.2, 0.25) is 0 Å². The van der Waals surface area contributed by atoms with Crippen LogP contribution in [0.25, 0.3) is 0 Å². The fraction of sp³-hybridized carbons (Fsp3) is 0.706. The van der Waals surface area contributed by atoms with Gasteiger partial charge in [-0.1, -0.05) is 91.5 Å². The SMILES string of the molecule is CCCCCCOC(C)C1C2CC3NC(CC4NC5C(CC(O)C5C4C)C4NC(CC(N2)C1C)[C@@H](C)[C@@H]4CCC(=O)N(CC(=O)Nc1ccc(CC(CN(CCN(CC(=O)O)CC(=O)O)CC(=O)O)N(CC(=O)O)CC(=O)O)cc1)CC(=O)Nc1ccc(CC(CN(CCN(CC(=O)O)CC(=O)O)CC(=O)O)N(CC(=O)O)CC(=O)O)cc1)C(CC)C3C. The molecule has 6 fully saturated rings. The van der Waals surface area contributed by atoms with E-state index in [4.69, 9.17) is 4.74 Å². The third-order valence-electron chi connectivity index (χ3n) is 26.5. The molecule has 5 saturated heterocycles. The quantitative estimate of drug-likeness (QED) is 0.0419. The Morgan fingerprint density at radius 3 is 1.25 bits per heavy atom. The lowest BCUT2D eigenvalue weighted by Gasteiger charge is -2.34. The fourth-order valence-corrected chi connectivity index (χ4v) is 20.8. The number of unbranched alkanes of at least 4 members (excludes halogenated alkanes) is 3. The first-order valence-electron chi connectivity index (χ1n) is 43.2. The van der Waals surface area contributed by atoms with Crippen LogP contribution < -0.4 is 31.9 Å². The molecule has 0 radical (unpaired) electrons. The molecule has 2 aromatic rings. The molecule has 0 spiro atoms. The van der Waals surface area contributed by atoms with Gasteiger partial charge in [-0.3, -0.25) is 91.7 Å². The van der Waals surface area contributed by atoms with E-state index in [2.05, 4.69) is 80.4 Å². The second-order valence-electron chi connectivity index (χ2n) is 35.1. The van der Waals surface area contributed by atoms with Crippen LogP contribution in [-0.4, -0.2) is 365 Å². The van der Waals surface area contributed by atoms with E-state index in [0.29, 0.717) is 42.4 Å². The smallest absolute Gasteiger partial charge is 0.317 e. The number of carbonyl (C=O) groups excluding carboxylic acids is 3. The van der Waals surface area contributed by atoms with Crippen molar-refractivity contribution >= 4 is 88.8 Å². The number of ether oxygens (including phenoxy) is 1. The summed E-state index contributed by atoms with van der Waals surface area (Å²) in [6.45, 7) is 6.32. The van der Waals surface area contributed by atoms with Gasteiger partial charge >= 0.3 is 59.7 Å². The molecule has 123 heavy (non-hydrogen) atoms. The van der Waals surface area contributed by atoms with Crippen molar-refractivity contribution in [3.05, 3.63) is 59.7 Å². The number of aliphatic carboxylic acids is 10. The lowest BCUT2D eigenvalue weighted by atomic mass is 9.76. The summed E-state index contributed by atoms with van der Waals surface area (Å²) in [6.07, 6.45) is 7.95. The largest absolute Gasteiger partial charge is 0.480 e. The maximum Gasteiger partial charge on any atom is 0.317 e. The summed E-state index contributed by atoms with van der Waals surface area (Å²) in [5.74, 6) is -14.5. The zero-order chi connectivity index (χ0) is 90.2. The zero-order valence-corrected chi connectivity index (χ0v) is 71.6. The molecule has 6 aliphatic rings. The number of carboxylic acids is 10. The Morgan fingerprint density at radius 2 is 0.813 bits per heavy atom. The van der Waals surface area contributed by atoms with Crippen LogP contribution in [0.1, 0.15) is 130 Å². The number of hydrogen-bond donors (Lipinski definition) is 17. The number of nitrogens with zero attached hydrogens (tertiary/aromatic N) is 7. The van der Waals surface area contributed by atoms with E-state index in [9.17, 15) is 114 Å². The Labute approximate surface area is 717 Å². The van der Waals surface area contributed by atoms with Gasteiger partial charge in [0, 0.05) is 136 Å². The van der Waals surface area contributed by atoms with Crippen LogP contribution in [0.4, 0.5) is 11.4 Å². The summed E-state index contributed by atoms with van der Waals surface area (Å²) in [5.41, 5.74) is 1.27.